The molecule has 0 saturated carbocycles. The third-order valence-electron chi connectivity index (χ3n) is 4.01. The number of ether oxygens (including phenoxy) is 1. The molecule has 0 unspecified atom stereocenters. The summed E-state index contributed by atoms with van der Waals surface area (Å²) >= 11 is 1.47. The van der Waals surface area contributed by atoms with Gasteiger partial charge in [0.05, 0.1) is 23.7 Å². The van der Waals surface area contributed by atoms with Crippen LogP contribution in [0.3, 0.4) is 0 Å². The van der Waals surface area contributed by atoms with Crippen molar-refractivity contribution in [2.75, 3.05) is 7.11 Å². The van der Waals surface area contributed by atoms with Gasteiger partial charge in [0.2, 0.25) is 5.88 Å². The van der Waals surface area contributed by atoms with E-state index in [0.717, 1.165) is 26.7 Å². The third-order valence-corrected chi connectivity index (χ3v) is 5.01. The quantitative estimate of drug-likeness (QED) is 0.573. The van der Waals surface area contributed by atoms with Crippen LogP contribution in [0.25, 0.3) is 27.2 Å². The summed E-state index contributed by atoms with van der Waals surface area (Å²) in [5, 5.41) is 25.3. The minimum atomic E-state index is -1.27. The predicted octanol–water partition coefficient (Wildman–Crippen LogP) is 3.54. The van der Waals surface area contributed by atoms with Crippen LogP contribution in [0.1, 0.15) is 10.4 Å². The molecule has 0 amide bonds. The molecule has 2 N–H and O–H groups in total. The van der Waals surface area contributed by atoms with E-state index in [0.29, 0.717) is 17.0 Å². The van der Waals surface area contributed by atoms with Gasteiger partial charge in [0.15, 0.2) is 5.65 Å². The van der Waals surface area contributed by atoms with Gasteiger partial charge in [0, 0.05) is 17.1 Å². The van der Waals surface area contributed by atoms with Crippen LogP contribution in [0.2, 0.25) is 0 Å². The number of thiophene rings is 1. The van der Waals surface area contributed by atoms with Crippen molar-refractivity contribution in [2.24, 2.45) is 0 Å². The van der Waals surface area contributed by atoms with Crippen molar-refractivity contribution >= 4 is 23.0 Å². The van der Waals surface area contributed by atoms with Crippen molar-refractivity contribution in [3.63, 3.8) is 0 Å². The van der Waals surface area contributed by atoms with Gasteiger partial charge >= 0.3 is 5.97 Å². The summed E-state index contributed by atoms with van der Waals surface area (Å²) in [5.41, 5.74) is 2.66. The fourth-order valence-electron chi connectivity index (χ4n) is 2.78. The maximum Gasteiger partial charge on any atom is 0.342 e. The van der Waals surface area contributed by atoms with Crippen LogP contribution in [0.15, 0.2) is 48.1 Å². The van der Waals surface area contributed by atoms with Crippen molar-refractivity contribution in [1.82, 2.24) is 14.6 Å². The summed E-state index contributed by atoms with van der Waals surface area (Å²) in [5.74, 6) is -1.05. The summed E-state index contributed by atoms with van der Waals surface area (Å²) in [4.78, 5) is 16.1. The van der Waals surface area contributed by atoms with Crippen molar-refractivity contribution in [3.8, 4) is 33.2 Å². The van der Waals surface area contributed by atoms with Gasteiger partial charge in [-0.2, -0.15) is 9.61 Å². The van der Waals surface area contributed by atoms with Gasteiger partial charge in [-0.3, -0.25) is 0 Å². The Labute approximate surface area is 151 Å². The predicted molar refractivity (Wildman–Crippen MR) is 96.9 cm³/mol. The largest absolute Gasteiger partial charge is 0.495 e. The molecule has 3 aromatic heterocycles. The first kappa shape index (κ1) is 16.1. The highest BCUT2D eigenvalue weighted by atomic mass is 32.1. The van der Waals surface area contributed by atoms with Crippen molar-refractivity contribution in [1.29, 1.82) is 0 Å². The van der Waals surface area contributed by atoms with E-state index in [9.17, 15) is 9.90 Å². The number of aromatic nitrogens is 3. The Morgan fingerprint density at radius 1 is 1.19 bits per heavy atom. The van der Waals surface area contributed by atoms with E-state index >= 15 is 0 Å². The number of fused-ring (bicyclic) bond motifs is 1. The molecular weight excluding hydrogens is 354 g/mol. The zero-order valence-corrected chi connectivity index (χ0v) is 14.4. The normalized spacial score (nSPS) is 11.0. The second-order valence-corrected chi connectivity index (χ2v) is 6.35. The molecule has 0 aliphatic carbocycles. The average molecular weight is 367 g/mol. The molecule has 0 aliphatic rings. The van der Waals surface area contributed by atoms with Gasteiger partial charge in [-0.15, -0.1) is 11.3 Å². The minimum absolute atomic E-state index is 0.310. The van der Waals surface area contributed by atoms with Crippen LogP contribution in [0.4, 0.5) is 0 Å². The van der Waals surface area contributed by atoms with Crippen LogP contribution < -0.4 is 4.74 Å². The first-order chi connectivity index (χ1) is 12.6. The monoisotopic (exact) mass is 367 g/mol. The number of carboxylic acids is 1. The van der Waals surface area contributed by atoms with Crippen LogP contribution in [-0.2, 0) is 0 Å². The summed E-state index contributed by atoms with van der Waals surface area (Å²) in [6, 6.07) is 9.84. The van der Waals surface area contributed by atoms with E-state index in [2.05, 4.69) is 10.1 Å². The number of carbonyl (C=O) groups is 1. The van der Waals surface area contributed by atoms with Gasteiger partial charge < -0.3 is 14.9 Å². The number of nitrogens with zero attached hydrogens (tertiary/aromatic N) is 3. The smallest absolute Gasteiger partial charge is 0.342 e. The molecule has 0 atom stereocenters. The van der Waals surface area contributed by atoms with E-state index in [4.69, 9.17) is 9.84 Å². The van der Waals surface area contributed by atoms with E-state index in [1.807, 2.05) is 35.7 Å². The van der Waals surface area contributed by atoms with Crippen molar-refractivity contribution in [3.05, 3.63) is 53.7 Å². The molecule has 0 saturated heterocycles. The molecule has 0 bridgehead atoms. The lowest BCUT2D eigenvalue weighted by Gasteiger charge is -2.06. The SMILES string of the molecule is COc1c(-c2ccccc2)csc1-c1cnn2c(O)c(C(=O)O)cnc12. The highest BCUT2D eigenvalue weighted by Gasteiger charge is 2.22. The summed E-state index contributed by atoms with van der Waals surface area (Å²) < 4.78 is 6.74. The molecule has 0 spiro atoms. The number of aromatic carboxylic acids is 1. The number of carboxylic acid groups (broad SMARTS) is 1. The molecule has 7 nitrogen and oxygen atoms in total. The fourth-order valence-corrected chi connectivity index (χ4v) is 3.83. The summed E-state index contributed by atoms with van der Waals surface area (Å²) in [7, 11) is 1.59. The lowest BCUT2D eigenvalue weighted by molar-refractivity contribution is 0.0692. The van der Waals surface area contributed by atoms with Crippen LogP contribution in [0.5, 0.6) is 11.6 Å². The van der Waals surface area contributed by atoms with Gasteiger partial charge in [-0.05, 0) is 5.56 Å². The van der Waals surface area contributed by atoms with Crippen LogP contribution >= 0.6 is 11.3 Å². The standard InChI is InChI=1S/C18H13N3O4S/c1-25-14-13(10-5-3-2-4-6-10)9-26-15(14)11-8-20-21-16(11)19-7-12(17(21)22)18(23)24/h2-9,22H,1H3,(H,23,24). The van der Waals surface area contributed by atoms with E-state index < -0.39 is 11.8 Å². The second-order valence-electron chi connectivity index (χ2n) is 5.47. The first-order valence-corrected chi connectivity index (χ1v) is 8.50. The van der Waals surface area contributed by atoms with Crippen molar-refractivity contribution in [2.45, 2.75) is 0 Å². The Kier molecular flexibility index (Phi) is 3.81. The number of rotatable bonds is 4. The third kappa shape index (κ3) is 2.39. The molecule has 4 rings (SSSR count). The average Bonchev–Trinajstić information content (AvgIpc) is 3.26. The topological polar surface area (TPSA) is 97.0 Å². The molecule has 8 heteroatoms. The van der Waals surface area contributed by atoms with Gasteiger partial charge in [-0.1, -0.05) is 30.3 Å². The Hall–Kier alpha value is -3.39. The molecule has 0 aliphatic heterocycles. The molecule has 0 fully saturated rings. The van der Waals surface area contributed by atoms with E-state index in [1.165, 1.54) is 17.5 Å². The van der Waals surface area contributed by atoms with Gasteiger partial charge in [0.25, 0.3) is 0 Å². The summed E-state index contributed by atoms with van der Waals surface area (Å²) in [6.07, 6.45) is 2.66. The molecule has 4 aromatic rings. The Morgan fingerprint density at radius 3 is 2.65 bits per heavy atom. The molecule has 26 heavy (non-hydrogen) atoms. The maximum atomic E-state index is 11.1. The molecular formula is C18H13N3O4S. The van der Waals surface area contributed by atoms with E-state index in [1.54, 1.807) is 7.11 Å². The number of aromatic hydroxyl groups is 1. The number of hydrogen-bond acceptors (Lipinski definition) is 6. The molecule has 0 radical (unpaired) electrons. The van der Waals surface area contributed by atoms with Crippen LogP contribution in [-0.4, -0.2) is 37.9 Å². The number of benzene rings is 1. The Bertz CT molecular complexity index is 1120. The Balaban J connectivity index is 1.90. The highest BCUT2D eigenvalue weighted by Crippen LogP contribution is 2.45. The lowest BCUT2D eigenvalue weighted by atomic mass is 10.1. The van der Waals surface area contributed by atoms with E-state index in [-0.39, 0.29) is 5.56 Å². The second kappa shape index (κ2) is 6.16. The van der Waals surface area contributed by atoms with Crippen molar-refractivity contribution < 1.29 is 19.7 Å². The number of hydrogen-bond donors (Lipinski definition) is 2. The number of methoxy groups -OCH3 is 1. The Morgan fingerprint density at radius 2 is 1.96 bits per heavy atom. The highest BCUT2D eigenvalue weighted by molar-refractivity contribution is 7.14. The molecule has 130 valence electrons. The maximum absolute atomic E-state index is 11.1. The van der Waals surface area contributed by atoms with Gasteiger partial charge in [0.1, 0.15) is 11.3 Å². The molecule has 1 aromatic carbocycles. The van der Waals surface area contributed by atoms with Crippen LogP contribution in [0, 0.1) is 0 Å². The minimum Gasteiger partial charge on any atom is -0.495 e. The zero-order valence-electron chi connectivity index (χ0n) is 13.6. The zero-order chi connectivity index (χ0) is 18.3. The summed E-state index contributed by atoms with van der Waals surface area (Å²) in [6.45, 7) is 0. The first-order valence-electron chi connectivity index (χ1n) is 7.62. The fraction of sp³-hybridized carbons (Fsp3) is 0.0556. The lowest BCUT2D eigenvalue weighted by Crippen LogP contribution is -2.03. The van der Waals surface area contributed by atoms with Gasteiger partial charge in [-0.25, -0.2) is 9.78 Å². The molecule has 3 heterocycles.